The summed E-state index contributed by atoms with van der Waals surface area (Å²) in [6.07, 6.45) is 12.6. The van der Waals surface area contributed by atoms with Gasteiger partial charge in [0, 0.05) is 25.2 Å². The van der Waals surface area contributed by atoms with Crippen molar-refractivity contribution < 1.29 is 4.79 Å². The topological polar surface area (TPSA) is 35.6 Å². The first-order chi connectivity index (χ1) is 13.8. The minimum absolute atomic E-state index is 0.220. The zero-order valence-corrected chi connectivity index (χ0v) is 17.1. The molecule has 28 heavy (non-hydrogen) atoms. The third kappa shape index (κ3) is 3.19. The van der Waals surface area contributed by atoms with Gasteiger partial charge in [0.1, 0.15) is 5.54 Å². The third-order valence-electron chi connectivity index (χ3n) is 8.20. The van der Waals surface area contributed by atoms with Crippen LogP contribution in [0.1, 0.15) is 75.7 Å². The molecule has 1 aromatic carbocycles. The fourth-order valence-corrected chi connectivity index (χ4v) is 6.68. The van der Waals surface area contributed by atoms with Crippen LogP contribution in [0, 0.1) is 0 Å². The van der Waals surface area contributed by atoms with Crippen molar-refractivity contribution in [2.24, 2.45) is 0 Å². The van der Waals surface area contributed by atoms with E-state index in [1.54, 1.807) is 0 Å². The Balaban J connectivity index is 1.31. The Hall–Kier alpha value is -1.39. The van der Waals surface area contributed by atoms with Gasteiger partial charge in [0.2, 0.25) is 5.91 Å². The fourth-order valence-electron chi connectivity index (χ4n) is 6.68. The van der Waals surface area contributed by atoms with Crippen LogP contribution in [0.15, 0.2) is 30.3 Å². The van der Waals surface area contributed by atoms with Crippen LogP contribution in [0.3, 0.4) is 0 Å². The van der Waals surface area contributed by atoms with Crippen LogP contribution in [0.5, 0.6) is 0 Å². The van der Waals surface area contributed by atoms with Gasteiger partial charge >= 0.3 is 0 Å². The standard InChI is InChI=1S/C24H35N3O/c28-23-24(27(18-25-23)20-10-4-5-11-20)14-16-26(17-15-24)22-13-7-6-12-21(22)19-8-2-1-3-9-19/h1-3,8-9,20-22H,4-7,10-18H2,(H,25,28). The van der Waals surface area contributed by atoms with Crippen LogP contribution in [-0.4, -0.2) is 53.1 Å². The average molecular weight is 382 g/mol. The maximum Gasteiger partial charge on any atom is 0.241 e. The van der Waals surface area contributed by atoms with Crippen LogP contribution in [0.4, 0.5) is 0 Å². The average Bonchev–Trinajstić information content (AvgIpc) is 3.38. The molecule has 4 aliphatic rings. The van der Waals surface area contributed by atoms with Crippen molar-refractivity contribution in [3.05, 3.63) is 35.9 Å². The number of benzene rings is 1. The molecule has 2 aliphatic heterocycles. The quantitative estimate of drug-likeness (QED) is 0.863. The van der Waals surface area contributed by atoms with Gasteiger partial charge in [-0.3, -0.25) is 14.6 Å². The molecule has 0 bridgehead atoms. The summed E-state index contributed by atoms with van der Waals surface area (Å²) in [7, 11) is 0. The van der Waals surface area contributed by atoms with Gasteiger partial charge in [0.15, 0.2) is 0 Å². The fraction of sp³-hybridized carbons (Fsp3) is 0.708. The normalized spacial score (nSPS) is 32.1. The first-order valence-electron chi connectivity index (χ1n) is 11.6. The molecule has 1 spiro atoms. The highest BCUT2D eigenvalue weighted by atomic mass is 16.2. The highest BCUT2D eigenvalue weighted by molar-refractivity contribution is 5.88. The molecule has 2 atom stereocenters. The molecule has 4 nitrogen and oxygen atoms in total. The van der Waals surface area contributed by atoms with Crippen LogP contribution in [-0.2, 0) is 4.79 Å². The largest absolute Gasteiger partial charge is 0.342 e. The summed E-state index contributed by atoms with van der Waals surface area (Å²) in [6, 6.07) is 12.4. The van der Waals surface area contributed by atoms with E-state index in [1.807, 2.05) is 0 Å². The molecule has 2 unspecified atom stereocenters. The SMILES string of the molecule is O=C1NCN(C2CCCC2)C12CCN(C1CCCCC1c1ccccc1)CC2. The van der Waals surface area contributed by atoms with Crippen LogP contribution in [0.25, 0.3) is 0 Å². The van der Waals surface area contributed by atoms with Crippen molar-refractivity contribution in [2.45, 2.75) is 87.7 Å². The van der Waals surface area contributed by atoms with Crippen molar-refractivity contribution >= 4 is 5.91 Å². The highest BCUT2D eigenvalue weighted by Gasteiger charge is 2.53. The third-order valence-corrected chi connectivity index (χ3v) is 8.20. The Kier molecular flexibility index (Phi) is 5.18. The van der Waals surface area contributed by atoms with E-state index < -0.39 is 0 Å². The molecule has 4 heteroatoms. The predicted octanol–water partition coefficient (Wildman–Crippen LogP) is 3.88. The lowest BCUT2D eigenvalue weighted by Crippen LogP contribution is -2.60. The maximum atomic E-state index is 12.9. The zero-order valence-electron chi connectivity index (χ0n) is 17.1. The summed E-state index contributed by atoms with van der Waals surface area (Å²) in [5, 5.41) is 3.20. The number of hydrogen-bond donors (Lipinski definition) is 1. The number of rotatable bonds is 3. The molecule has 0 radical (unpaired) electrons. The summed E-state index contributed by atoms with van der Waals surface area (Å²) < 4.78 is 0. The second kappa shape index (κ2) is 7.79. The number of hydrogen-bond acceptors (Lipinski definition) is 3. The first kappa shape index (κ1) is 18.6. The molecule has 5 rings (SSSR count). The second-order valence-electron chi connectivity index (χ2n) is 9.51. The molecule has 1 N–H and O–H groups in total. The van der Waals surface area contributed by atoms with Crippen molar-refractivity contribution in [1.82, 2.24) is 15.1 Å². The lowest BCUT2D eigenvalue weighted by molar-refractivity contribution is -0.130. The predicted molar refractivity (Wildman–Crippen MR) is 112 cm³/mol. The number of carbonyl (C=O) groups is 1. The summed E-state index contributed by atoms with van der Waals surface area (Å²) in [6.45, 7) is 2.93. The zero-order chi connectivity index (χ0) is 19.0. The minimum atomic E-state index is -0.220. The Morgan fingerprint density at radius 1 is 0.893 bits per heavy atom. The van der Waals surface area contributed by atoms with Crippen molar-refractivity contribution in [3.8, 4) is 0 Å². The summed E-state index contributed by atoms with van der Waals surface area (Å²) in [5.74, 6) is 0.967. The van der Waals surface area contributed by atoms with Crippen molar-refractivity contribution in [3.63, 3.8) is 0 Å². The van der Waals surface area contributed by atoms with Gasteiger partial charge < -0.3 is 5.32 Å². The molecular formula is C24H35N3O. The Morgan fingerprint density at radius 2 is 1.57 bits per heavy atom. The lowest BCUT2D eigenvalue weighted by atomic mass is 9.77. The van der Waals surface area contributed by atoms with Gasteiger partial charge in [0.25, 0.3) is 0 Å². The number of nitrogens with zero attached hydrogens (tertiary/aromatic N) is 2. The number of nitrogens with one attached hydrogen (secondary N) is 1. The van der Waals surface area contributed by atoms with Gasteiger partial charge in [0.05, 0.1) is 6.67 Å². The van der Waals surface area contributed by atoms with Gasteiger partial charge in [-0.1, -0.05) is 56.0 Å². The molecule has 2 saturated heterocycles. The minimum Gasteiger partial charge on any atom is -0.342 e. The van der Waals surface area contributed by atoms with Crippen molar-refractivity contribution in [1.29, 1.82) is 0 Å². The van der Waals surface area contributed by atoms with Gasteiger partial charge in [-0.25, -0.2) is 0 Å². The summed E-state index contributed by atoms with van der Waals surface area (Å²) in [5.41, 5.74) is 1.29. The van der Waals surface area contributed by atoms with Gasteiger partial charge in [-0.05, 0) is 50.0 Å². The lowest BCUT2D eigenvalue weighted by Gasteiger charge is -2.49. The Bertz CT molecular complexity index is 676. The van der Waals surface area contributed by atoms with E-state index in [2.05, 4.69) is 45.4 Å². The molecule has 4 fully saturated rings. The van der Waals surface area contributed by atoms with Gasteiger partial charge in [-0.15, -0.1) is 0 Å². The molecule has 152 valence electrons. The Morgan fingerprint density at radius 3 is 2.32 bits per heavy atom. The van der Waals surface area contributed by atoms with E-state index in [1.165, 1.54) is 56.9 Å². The van der Waals surface area contributed by atoms with Crippen LogP contribution < -0.4 is 5.32 Å². The van der Waals surface area contributed by atoms with E-state index in [4.69, 9.17) is 0 Å². The Labute approximate surface area is 169 Å². The van der Waals surface area contributed by atoms with E-state index in [0.717, 1.165) is 32.6 Å². The number of piperidine rings is 1. The van der Waals surface area contributed by atoms with Crippen LogP contribution in [0.2, 0.25) is 0 Å². The smallest absolute Gasteiger partial charge is 0.241 e. The van der Waals surface area contributed by atoms with E-state index >= 15 is 0 Å². The number of carbonyl (C=O) groups excluding carboxylic acids is 1. The number of amides is 1. The maximum absolute atomic E-state index is 12.9. The summed E-state index contributed by atoms with van der Waals surface area (Å²) in [4.78, 5) is 18.2. The van der Waals surface area contributed by atoms with Crippen molar-refractivity contribution in [2.75, 3.05) is 19.8 Å². The van der Waals surface area contributed by atoms with E-state index in [-0.39, 0.29) is 5.54 Å². The molecule has 2 heterocycles. The highest BCUT2D eigenvalue weighted by Crippen LogP contribution is 2.42. The summed E-state index contributed by atoms with van der Waals surface area (Å²) >= 11 is 0. The number of likely N-dealkylation sites (tertiary alicyclic amines) is 1. The van der Waals surface area contributed by atoms with E-state index in [0.29, 0.717) is 23.9 Å². The molecule has 2 aliphatic carbocycles. The molecule has 1 aromatic rings. The molecule has 2 saturated carbocycles. The second-order valence-corrected chi connectivity index (χ2v) is 9.51. The van der Waals surface area contributed by atoms with Crippen LogP contribution >= 0.6 is 0 Å². The van der Waals surface area contributed by atoms with Gasteiger partial charge in [-0.2, -0.15) is 0 Å². The molecule has 1 amide bonds. The van der Waals surface area contributed by atoms with E-state index in [9.17, 15) is 4.79 Å². The monoisotopic (exact) mass is 381 g/mol. The first-order valence-corrected chi connectivity index (χ1v) is 11.6. The molecule has 0 aromatic heterocycles. The molecular weight excluding hydrogens is 346 g/mol.